The number of hydrogen-bond acceptors (Lipinski definition) is 8. The van der Waals surface area contributed by atoms with Crippen LogP contribution in [0.1, 0.15) is 17.2 Å². The van der Waals surface area contributed by atoms with Crippen molar-refractivity contribution in [1.29, 1.82) is 0 Å². The van der Waals surface area contributed by atoms with E-state index in [2.05, 4.69) is 20.3 Å². The van der Waals surface area contributed by atoms with Gasteiger partial charge in [-0.2, -0.15) is 4.98 Å². The van der Waals surface area contributed by atoms with Crippen LogP contribution >= 0.6 is 11.6 Å². The second-order valence-electron chi connectivity index (χ2n) is 8.14. The molecule has 1 aromatic carbocycles. The van der Waals surface area contributed by atoms with Gasteiger partial charge in [0.25, 0.3) is 6.01 Å². The van der Waals surface area contributed by atoms with E-state index in [0.29, 0.717) is 35.0 Å². The minimum Gasteiger partial charge on any atom is -0.456 e. The fourth-order valence-electron chi connectivity index (χ4n) is 4.64. The minimum atomic E-state index is -0.639. The van der Waals surface area contributed by atoms with Gasteiger partial charge in [0.15, 0.2) is 11.8 Å². The lowest BCUT2D eigenvalue weighted by molar-refractivity contribution is 0.00706. The number of pyridine rings is 1. The summed E-state index contributed by atoms with van der Waals surface area (Å²) in [5.74, 6) is 0.444. The van der Waals surface area contributed by atoms with Crippen molar-refractivity contribution in [1.82, 2.24) is 15.0 Å². The molecule has 2 fully saturated rings. The highest BCUT2D eigenvalue weighted by Crippen LogP contribution is 2.36. The monoisotopic (exact) mass is 444 g/mol. The Kier molecular flexibility index (Phi) is 4.55. The zero-order chi connectivity index (χ0) is 21.1. The number of halogens is 1. The summed E-state index contributed by atoms with van der Waals surface area (Å²) in [7, 11) is 0. The number of benzene rings is 1. The third kappa shape index (κ3) is 3.24. The van der Waals surface area contributed by atoms with E-state index in [1.165, 1.54) is 0 Å². The normalized spacial score (nSPS) is 31.7. The molecule has 3 aliphatic rings. The first kappa shape index (κ1) is 19.3. The number of nitrogens with zero attached hydrogens (tertiary/aromatic N) is 2. The van der Waals surface area contributed by atoms with E-state index < -0.39 is 12.2 Å². The zero-order valence-corrected chi connectivity index (χ0v) is 17.1. The highest BCUT2D eigenvalue weighted by Gasteiger charge is 2.48. The highest BCUT2D eigenvalue weighted by atomic mass is 35.5. The molecule has 2 aromatic heterocycles. The van der Waals surface area contributed by atoms with E-state index in [4.69, 9.17) is 25.8 Å². The number of ether oxygens (including phenoxy) is 3. The molecule has 2 unspecified atom stereocenters. The zero-order valence-electron chi connectivity index (χ0n) is 16.4. The number of aliphatic hydroxyl groups is 2. The molecule has 3 aromatic rings. The molecule has 10 heteroatoms. The lowest BCUT2D eigenvalue weighted by Crippen LogP contribution is -2.34. The number of rotatable bonds is 4. The van der Waals surface area contributed by atoms with Crippen LogP contribution in [0.25, 0.3) is 11.2 Å². The molecule has 2 aliphatic heterocycles. The topological polar surface area (TPSA) is 122 Å². The van der Waals surface area contributed by atoms with E-state index in [9.17, 15) is 10.2 Å². The highest BCUT2D eigenvalue weighted by molar-refractivity contribution is 6.33. The third-order valence-electron chi connectivity index (χ3n) is 6.15. The Labute approximate surface area is 182 Å². The molecule has 6 rings (SSSR count). The summed E-state index contributed by atoms with van der Waals surface area (Å²) in [6, 6.07) is 9.63. The van der Waals surface area contributed by atoms with Gasteiger partial charge < -0.3 is 34.7 Å². The molecular formula is C21H21ClN4O5. The molecule has 1 aliphatic carbocycles. The number of aromatic nitrogens is 3. The largest absolute Gasteiger partial charge is 0.456 e. The number of aliphatic hydroxyl groups excluding tert-OH is 2. The second-order valence-corrected chi connectivity index (χ2v) is 8.55. The Bertz CT molecular complexity index is 1140. The van der Waals surface area contributed by atoms with E-state index >= 15 is 0 Å². The summed E-state index contributed by atoms with van der Waals surface area (Å²) in [6.45, 7) is 0.543. The summed E-state index contributed by atoms with van der Waals surface area (Å²) >= 11 is 6.46. The van der Waals surface area contributed by atoms with Gasteiger partial charge in [-0.05, 0) is 17.2 Å². The van der Waals surface area contributed by atoms with Crippen molar-refractivity contribution in [2.75, 3.05) is 18.5 Å². The minimum absolute atomic E-state index is 0.234. The number of imidazole rings is 1. The van der Waals surface area contributed by atoms with Gasteiger partial charge in [-0.25, -0.2) is 4.98 Å². The summed E-state index contributed by atoms with van der Waals surface area (Å²) in [5, 5.41) is 24.1. The molecule has 0 amide bonds. The molecule has 6 atom stereocenters. The van der Waals surface area contributed by atoms with Gasteiger partial charge in [0.05, 0.1) is 35.9 Å². The first-order valence-corrected chi connectivity index (χ1v) is 10.6. The molecule has 2 saturated heterocycles. The van der Waals surface area contributed by atoms with Crippen molar-refractivity contribution in [2.45, 2.75) is 43.0 Å². The van der Waals surface area contributed by atoms with Crippen molar-refractivity contribution < 1.29 is 24.4 Å². The average molecular weight is 445 g/mol. The van der Waals surface area contributed by atoms with Crippen molar-refractivity contribution in [2.24, 2.45) is 0 Å². The second kappa shape index (κ2) is 7.32. The maximum atomic E-state index is 10.5. The van der Waals surface area contributed by atoms with Gasteiger partial charge in [0.1, 0.15) is 24.1 Å². The van der Waals surface area contributed by atoms with Crippen LogP contribution in [0.5, 0.6) is 6.01 Å². The fourth-order valence-corrected chi connectivity index (χ4v) is 4.84. The van der Waals surface area contributed by atoms with Crippen molar-refractivity contribution in [3.05, 3.63) is 46.5 Å². The van der Waals surface area contributed by atoms with Gasteiger partial charge in [0, 0.05) is 6.42 Å². The molecule has 4 heterocycles. The molecule has 162 valence electrons. The molecule has 4 N–H and O–H groups in total. The van der Waals surface area contributed by atoms with Crippen LogP contribution in [-0.4, -0.2) is 68.9 Å². The molecular weight excluding hydrogens is 424 g/mol. The van der Waals surface area contributed by atoms with Gasteiger partial charge >= 0.3 is 0 Å². The lowest BCUT2D eigenvalue weighted by Gasteiger charge is -2.19. The summed E-state index contributed by atoms with van der Waals surface area (Å²) < 4.78 is 17.1. The van der Waals surface area contributed by atoms with Gasteiger partial charge in [0.2, 0.25) is 0 Å². The Morgan fingerprint density at radius 2 is 1.94 bits per heavy atom. The Morgan fingerprint density at radius 1 is 1.10 bits per heavy atom. The van der Waals surface area contributed by atoms with E-state index in [0.717, 1.165) is 11.1 Å². The third-order valence-corrected chi connectivity index (χ3v) is 6.43. The molecule has 0 saturated carbocycles. The van der Waals surface area contributed by atoms with Crippen LogP contribution < -0.4 is 10.1 Å². The molecule has 0 radical (unpaired) electrons. The summed E-state index contributed by atoms with van der Waals surface area (Å²) in [4.78, 5) is 12.0. The van der Waals surface area contributed by atoms with E-state index in [-0.39, 0.29) is 37.0 Å². The number of H-pyrrole nitrogens is 1. The van der Waals surface area contributed by atoms with Crippen LogP contribution in [-0.2, 0) is 15.9 Å². The number of aromatic amines is 1. The first-order chi connectivity index (χ1) is 15.1. The SMILES string of the molecule is OC1Cc2ccccc2C1Nc1nc2nc(O[C@@H]3CO[C@H]4[C@@H]3OC[C@H]4O)[nH]c2cc1Cl. The number of nitrogens with one attached hydrogen (secondary N) is 2. The smallest absolute Gasteiger partial charge is 0.296 e. The number of anilines is 1. The maximum absolute atomic E-state index is 10.5. The van der Waals surface area contributed by atoms with Crippen LogP contribution in [0.4, 0.5) is 5.82 Å². The quantitative estimate of drug-likeness (QED) is 0.478. The van der Waals surface area contributed by atoms with Crippen LogP contribution in [0.15, 0.2) is 30.3 Å². The van der Waals surface area contributed by atoms with Gasteiger partial charge in [-0.1, -0.05) is 35.9 Å². The predicted molar refractivity (Wildman–Crippen MR) is 111 cm³/mol. The lowest BCUT2D eigenvalue weighted by atomic mass is 10.1. The summed E-state index contributed by atoms with van der Waals surface area (Å²) in [5.41, 5.74) is 3.20. The standard InChI is InChI=1S/C21H21ClN4O5/c22-11-6-12-20(25-19(11)24-16-10-4-2-1-3-9(10)5-13(16)27)26-21(23-12)31-15-8-30-17-14(28)7-29-18(15)17/h1-4,6,13-18,27-28H,5,7-8H2,(H2,23,24,25,26)/t13?,14-,15-,16?,17-,18-/m1/s1. The number of fused-ring (bicyclic) bond motifs is 3. The van der Waals surface area contributed by atoms with Crippen molar-refractivity contribution in [3.8, 4) is 6.01 Å². The van der Waals surface area contributed by atoms with Crippen molar-refractivity contribution in [3.63, 3.8) is 0 Å². The Balaban J connectivity index is 1.24. The van der Waals surface area contributed by atoms with E-state index in [1.54, 1.807) is 6.07 Å². The maximum Gasteiger partial charge on any atom is 0.296 e. The van der Waals surface area contributed by atoms with Gasteiger partial charge in [-0.15, -0.1) is 0 Å². The molecule has 0 bridgehead atoms. The van der Waals surface area contributed by atoms with Crippen LogP contribution in [0, 0.1) is 0 Å². The number of hydrogen-bond donors (Lipinski definition) is 4. The van der Waals surface area contributed by atoms with Crippen molar-refractivity contribution >= 4 is 28.6 Å². The first-order valence-electron chi connectivity index (χ1n) is 10.2. The Morgan fingerprint density at radius 3 is 2.84 bits per heavy atom. The fraction of sp³-hybridized carbons (Fsp3) is 0.429. The van der Waals surface area contributed by atoms with Gasteiger partial charge in [-0.3, -0.25) is 0 Å². The van der Waals surface area contributed by atoms with Crippen LogP contribution in [0.3, 0.4) is 0 Å². The van der Waals surface area contributed by atoms with E-state index in [1.807, 2.05) is 24.3 Å². The predicted octanol–water partition coefficient (Wildman–Crippen LogP) is 1.59. The summed E-state index contributed by atoms with van der Waals surface area (Å²) in [6.07, 6.45) is -1.71. The molecule has 31 heavy (non-hydrogen) atoms. The molecule has 9 nitrogen and oxygen atoms in total. The Hall–Kier alpha value is -2.43. The average Bonchev–Trinajstić information content (AvgIpc) is 3.49. The molecule has 0 spiro atoms. The van der Waals surface area contributed by atoms with Crippen LogP contribution in [0.2, 0.25) is 5.02 Å².